The second-order valence-electron chi connectivity index (χ2n) is 5.66. The molecule has 3 aromatic heterocycles. The largest absolute Gasteiger partial charge is 0.341 e. The van der Waals surface area contributed by atoms with E-state index in [2.05, 4.69) is 21.1 Å². The van der Waals surface area contributed by atoms with Crippen molar-refractivity contribution in [2.24, 2.45) is 7.05 Å². The summed E-state index contributed by atoms with van der Waals surface area (Å²) in [7, 11) is 1.80. The Balaban J connectivity index is 1.69. The standard InChI is InChI=1S/C16H17N5O/c1-20-14(6-8-18-20)16(22)21-9-3-5-13(21)12-10-11-4-2-7-17-15(11)19-12/h2,4,6-8,10,13H,3,5,9H2,1H3,(H,17,19). The monoisotopic (exact) mass is 295 g/mol. The summed E-state index contributed by atoms with van der Waals surface area (Å²) in [6.07, 6.45) is 5.41. The Labute approximate surface area is 127 Å². The first-order valence-corrected chi connectivity index (χ1v) is 7.46. The van der Waals surface area contributed by atoms with Gasteiger partial charge in [0, 0.05) is 37.1 Å². The van der Waals surface area contributed by atoms with Gasteiger partial charge in [0.1, 0.15) is 11.3 Å². The first-order chi connectivity index (χ1) is 10.7. The van der Waals surface area contributed by atoms with E-state index in [1.165, 1.54) is 0 Å². The lowest BCUT2D eigenvalue weighted by Gasteiger charge is -2.23. The van der Waals surface area contributed by atoms with Gasteiger partial charge >= 0.3 is 0 Å². The van der Waals surface area contributed by atoms with Crippen LogP contribution in [0, 0.1) is 0 Å². The number of carbonyl (C=O) groups excluding carboxylic acids is 1. The van der Waals surface area contributed by atoms with Gasteiger partial charge in [-0.25, -0.2) is 4.98 Å². The molecule has 0 saturated carbocycles. The highest BCUT2D eigenvalue weighted by atomic mass is 16.2. The number of rotatable bonds is 2. The predicted molar refractivity (Wildman–Crippen MR) is 82.3 cm³/mol. The molecule has 0 aromatic carbocycles. The molecule has 112 valence electrons. The zero-order valence-electron chi connectivity index (χ0n) is 12.4. The maximum Gasteiger partial charge on any atom is 0.272 e. The number of likely N-dealkylation sites (tertiary alicyclic amines) is 1. The van der Waals surface area contributed by atoms with Gasteiger partial charge in [-0.15, -0.1) is 0 Å². The van der Waals surface area contributed by atoms with Crippen LogP contribution in [-0.4, -0.2) is 37.1 Å². The Hall–Kier alpha value is -2.63. The molecule has 4 rings (SSSR count). The number of amides is 1. The molecule has 1 unspecified atom stereocenters. The highest BCUT2D eigenvalue weighted by Gasteiger charge is 2.32. The molecule has 0 spiro atoms. The van der Waals surface area contributed by atoms with Crippen molar-refractivity contribution in [3.05, 3.63) is 48.0 Å². The third-order valence-corrected chi connectivity index (χ3v) is 4.33. The lowest BCUT2D eigenvalue weighted by atomic mass is 10.1. The van der Waals surface area contributed by atoms with Crippen molar-refractivity contribution >= 4 is 16.9 Å². The summed E-state index contributed by atoms with van der Waals surface area (Å²) >= 11 is 0. The van der Waals surface area contributed by atoms with Crippen molar-refractivity contribution in [3.8, 4) is 0 Å². The fourth-order valence-corrected chi connectivity index (χ4v) is 3.22. The van der Waals surface area contributed by atoms with E-state index in [9.17, 15) is 4.79 Å². The maximum absolute atomic E-state index is 12.8. The van der Waals surface area contributed by atoms with E-state index >= 15 is 0 Å². The zero-order valence-corrected chi connectivity index (χ0v) is 12.4. The average Bonchev–Trinajstić information content (AvgIpc) is 3.24. The second kappa shape index (κ2) is 4.98. The smallest absolute Gasteiger partial charge is 0.272 e. The van der Waals surface area contributed by atoms with Crippen molar-refractivity contribution in [3.63, 3.8) is 0 Å². The number of fused-ring (bicyclic) bond motifs is 1. The van der Waals surface area contributed by atoms with Crippen molar-refractivity contribution in [2.75, 3.05) is 6.54 Å². The minimum atomic E-state index is 0.0362. The number of aromatic nitrogens is 4. The summed E-state index contributed by atoms with van der Waals surface area (Å²) < 4.78 is 1.63. The topological polar surface area (TPSA) is 66.8 Å². The van der Waals surface area contributed by atoms with E-state index in [0.717, 1.165) is 36.1 Å². The number of pyridine rings is 1. The van der Waals surface area contributed by atoms with Gasteiger partial charge in [-0.3, -0.25) is 9.48 Å². The zero-order chi connectivity index (χ0) is 15.1. The van der Waals surface area contributed by atoms with Crippen LogP contribution < -0.4 is 0 Å². The first kappa shape index (κ1) is 13.1. The molecule has 3 aromatic rings. The van der Waals surface area contributed by atoms with Gasteiger partial charge in [-0.1, -0.05) is 0 Å². The maximum atomic E-state index is 12.8. The highest BCUT2D eigenvalue weighted by Crippen LogP contribution is 2.33. The van der Waals surface area contributed by atoms with Crippen molar-refractivity contribution in [2.45, 2.75) is 18.9 Å². The van der Waals surface area contributed by atoms with Crippen LogP contribution in [0.3, 0.4) is 0 Å². The molecule has 1 amide bonds. The first-order valence-electron chi connectivity index (χ1n) is 7.46. The number of H-pyrrole nitrogens is 1. The molecule has 1 atom stereocenters. The van der Waals surface area contributed by atoms with Gasteiger partial charge in [0.25, 0.3) is 5.91 Å². The van der Waals surface area contributed by atoms with E-state index in [1.807, 2.05) is 17.0 Å². The van der Waals surface area contributed by atoms with Gasteiger partial charge < -0.3 is 9.88 Å². The molecule has 1 aliphatic rings. The summed E-state index contributed by atoms with van der Waals surface area (Å²) in [5.41, 5.74) is 2.56. The molecule has 6 nitrogen and oxygen atoms in total. The van der Waals surface area contributed by atoms with Crippen molar-refractivity contribution in [1.29, 1.82) is 0 Å². The molecule has 0 radical (unpaired) electrons. The minimum absolute atomic E-state index is 0.0362. The fraction of sp³-hybridized carbons (Fsp3) is 0.312. The summed E-state index contributed by atoms with van der Waals surface area (Å²) in [6, 6.07) is 7.90. The van der Waals surface area contributed by atoms with Crippen molar-refractivity contribution in [1.82, 2.24) is 24.6 Å². The van der Waals surface area contributed by atoms with E-state index in [-0.39, 0.29) is 11.9 Å². The number of nitrogens with zero attached hydrogens (tertiary/aromatic N) is 4. The molecule has 0 bridgehead atoms. The Bertz CT molecular complexity index is 801. The van der Waals surface area contributed by atoms with Crippen LogP contribution in [0.4, 0.5) is 0 Å². The van der Waals surface area contributed by atoms with Crippen LogP contribution in [-0.2, 0) is 7.05 Å². The molecular weight excluding hydrogens is 278 g/mol. The van der Waals surface area contributed by atoms with Gasteiger partial charge in [0.15, 0.2) is 0 Å². The third kappa shape index (κ3) is 1.99. The van der Waals surface area contributed by atoms with E-state index in [1.54, 1.807) is 30.2 Å². The summed E-state index contributed by atoms with van der Waals surface area (Å²) in [5, 5.41) is 5.17. The number of aryl methyl sites for hydroxylation is 1. The lowest BCUT2D eigenvalue weighted by molar-refractivity contribution is 0.0722. The van der Waals surface area contributed by atoms with E-state index in [4.69, 9.17) is 0 Å². The number of aromatic amines is 1. The molecule has 6 heteroatoms. The molecule has 1 N–H and O–H groups in total. The predicted octanol–water partition coefficient (Wildman–Crippen LogP) is 2.27. The Kier molecular flexibility index (Phi) is 2.96. The van der Waals surface area contributed by atoms with Crippen LogP contribution in [0.1, 0.15) is 35.1 Å². The molecule has 1 saturated heterocycles. The number of nitrogens with one attached hydrogen (secondary N) is 1. The molecule has 0 aliphatic carbocycles. The molecule has 4 heterocycles. The van der Waals surface area contributed by atoms with Crippen LogP contribution in [0.15, 0.2) is 36.7 Å². The quantitative estimate of drug-likeness (QED) is 0.788. The van der Waals surface area contributed by atoms with Crippen LogP contribution in [0.2, 0.25) is 0 Å². The fourth-order valence-electron chi connectivity index (χ4n) is 3.22. The second-order valence-corrected chi connectivity index (χ2v) is 5.66. The Morgan fingerprint density at radius 2 is 2.27 bits per heavy atom. The summed E-state index contributed by atoms with van der Waals surface area (Å²) in [6.45, 7) is 0.775. The number of hydrogen-bond donors (Lipinski definition) is 1. The normalized spacial score (nSPS) is 18.2. The highest BCUT2D eigenvalue weighted by molar-refractivity contribution is 5.93. The molecule has 1 fully saturated rings. The van der Waals surface area contributed by atoms with Gasteiger partial charge in [-0.05, 0) is 37.1 Å². The number of hydrogen-bond acceptors (Lipinski definition) is 3. The third-order valence-electron chi connectivity index (χ3n) is 4.33. The number of carbonyl (C=O) groups is 1. The van der Waals surface area contributed by atoms with E-state index in [0.29, 0.717) is 5.69 Å². The van der Waals surface area contributed by atoms with Crippen molar-refractivity contribution < 1.29 is 4.79 Å². The Morgan fingerprint density at radius 3 is 3.05 bits per heavy atom. The van der Waals surface area contributed by atoms with Crippen LogP contribution >= 0.6 is 0 Å². The lowest BCUT2D eigenvalue weighted by Crippen LogP contribution is -2.32. The molecule has 1 aliphatic heterocycles. The van der Waals surface area contributed by atoms with Crippen LogP contribution in [0.25, 0.3) is 11.0 Å². The van der Waals surface area contributed by atoms with Gasteiger partial charge in [0.2, 0.25) is 0 Å². The minimum Gasteiger partial charge on any atom is -0.341 e. The average molecular weight is 295 g/mol. The summed E-state index contributed by atoms with van der Waals surface area (Å²) in [5.74, 6) is 0.0362. The SMILES string of the molecule is Cn1nccc1C(=O)N1CCCC1c1cc2cccnc2[nH]1. The van der Waals surface area contributed by atoms with Gasteiger partial charge in [-0.2, -0.15) is 5.10 Å². The molecule has 22 heavy (non-hydrogen) atoms. The Morgan fingerprint density at radius 1 is 1.36 bits per heavy atom. The molecular formula is C16H17N5O. The van der Waals surface area contributed by atoms with Gasteiger partial charge in [0.05, 0.1) is 6.04 Å². The summed E-state index contributed by atoms with van der Waals surface area (Å²) in [4.78, 5) is 22.4. The van der Waals surface area contributed by atoms with E-state index < -0.39 is 0 Å². The van der Waals surface area contributed by atoms with Crippen LogP contribution in [0.5, 0.6) is 0 Å².